The van der Waals surface area contributed by atoms with Crippen LogP contribution in [0.4, 0.5) is 0 Å². The molecule has 9 heavy (non-hydrogen) atoms. The first-order valence-electron chi connectivity index (χ1n) is 0.698. The number of rotatable bonds is 0. The van der Waals surface area contributed by atoms with Gasteiger partial charge in [-0.05, 0) is 0 Å². The zero-order valence-electron chi connectivity index (χ0n) is 5.40. The van der Waals surface area contributed by atoms with Gasteiger partial charge in [-0.2, -0.15) is 8.42 Å². The third-order valence-corrected chi connectivity index (χ3v) is 0. The fourth-order valence-electron chi connectivity index (χ4n) is 0. The third kappa shape index (κ3) is 70.6. The molecule has 0 bridgehead atoms. The second-order valence-corrected chi connectivity index (χ2v) is 1.34. The fourth-order valence-corrected chi connectivity index (χ4v) is 0. The van der Waals surface area contributed by atoms with Crippen LogP contribution in [0.3, 0.4) is 0 Å². The summed E-state index contributed by atoms with van der Waals surface area (Å²) in [7, 11) is -4.67. The van der Waals surface area contributed by atoms with Gasteiger partial charge in [0.2, 0.25) is 0 Å². The molecule has 0 rings (SSSR count). The minimum atomic E-state index is -4.67. The Hall–Kier alpha value is 4.30. The van der Waals surface area contributed by atoms with Crippen molar-refractivity contribution >= 4 is 65.5 Å². The van der Waals surface area contributed by atoms with Gasteiger partial charge in [-0.15, -0.1) is 0 Å². The summed E-state index contributed by atoms with van der Waals surface area (Å²) < 4.78 is 31.6. The first-order chi connectivity index (χ1) is 2.00. The van der Waals surface area contributed by atoms with Gasteiger partial charge < -0.3 is 0 Å². The maximum atomic E-state index is 8.74. The summed E-state index contributed by atoms with van der Waals surface area (Å²) in [5.74, 6) is 0. The smallest absolute Gasteiger partial charge is 0.264 e. The Bertz CT molecular complexity index is 104. The summed E-state index contributed by atoms with van der Waals surface area (Å²) in [6.45, 7) is 0. The molecule has 9 heteroatoms. The van der Waals surface area contributed by atoms with E-state index in [1.165, 1.54) is 0 Å². The Morgan fingerprint density at radius 3 is 1.11 bits per heavy atom. The predicted octanol–water partition coefficient (Wildman–Crippen LogP) is -7.41. The van der Waals surface area contributed by atoms with Crippen LogP contribution in [0.2, 0.25) is 0 Å². The van der Waals surface area contributed by atoms with E-state index in [4.69, 9.17) is 17.5 Å². The zero-order chi connectivity index (χ0) is 4.50. The molecular formula is H2AlCaKNaO4S+7. The van der Waals surface area contributed by atoms with Crippen molar-refractivity contribution in [1.82, 2.24) is 0 Å². The third-order valence-electron chi connectivity index (χ3n) is 0. The molecule has 0 amide bonds. The number of hydrogen-bond donors (Lipinski definition) is 2. The molecule has 0 atom stereocenters. The molecule has 2 N–H and O–H groups in total. The molecular weight excluding hydrogens is 225 g/mol. The molecule has 0 aromatic carbocycles. The maximum Gasteiger partial charge on any atom is 3.00 e. The van der Waals surface area contributed by atoms with Crippen molar-refractivity contribution < 1.29 is 98.5 Å². The van der Waals surface area contributed by atoms with Gasteiger partial charge in [-0.3, -0.25) is 9.11 Å². The van der Waals surface area contributed by atoms with Crippen molar-refractivity contribution in [3.63, 3.8) is 0 Å². The van der Waals surface area contributed by atoms with E-state index in [1.54, 1.807) is 0 Å². The van der Waals surface area contributed by atoms with Crippen LogP contribution in [0.25, 0.3) is 0 Å². The van der Waals surface area contributed by atoms with Crippen LogP contribution in [0.15, 0.2) is 0 Å². The van der Waals surface area contributed by atoms with Gasteiger partial charge in [0.25, 0.3) is 0 Å². The monoisotopic (exact) mass is 227 g/mol. The number of hydrogen-bond acceptors (Lipinski definition) is 2. The second kappa shape index (κ2) is 14.8. The average molecular weight is 227 g/mol. The van der Waals surface area contributed by atoms with E-state index in [0.717, 1.165) is 0 Å². The summed E-state index contributed by atoms with van der Waals surface area (Å²) in [4.78, 5) is 0. The normalized spacial score (nSPS) is 6.44. The van der Waals surface area contributed by atoms with E-state index in [9.17, 15) is 0 Å². The van der Waals surface area contributed by atoms with Crippen LogP contribution in [-0.2, 0) is 10.4 Å². The molecule has 0 spiro atoms. The van der Waals surface area contributed by atoms with Gasteiger partial charge in [-0.1, -0.05) is 0 Å². The molecule has 0 heterocycles. The average Bonchev–Trinajstić information content (AvgIpc) is 0.722. The Kier molecular flexibility index (Phi) is 48.0. The predicted molar refractivity (Wildman–Crippen MR) is 25.7 cm³/mol. The Balaban J connectivity index is -0.0000000133. The van der Waals surface area contributed by atoms with Gasteiger partial charge in [-0.25, -0.2) is 0 Å². The van der Waals surface area contributed by atoms with Crippen molar-refractivity contribution in [3.05, 3.63) is 0 Å². The first kappa shape index (κ1) is 29.2. The van der Waals surface area contributed by atoms with Gasteiger partial charge in [0.1, 0.15) is 0 Å². The Labute approximate surface area is 159 Å². The topological polar surface area (TPSA) is 74.6 Å². The molecule has 0 saturated carbocycles. The van der Waals surface area contributed by atoms with Crippen molar-refractivity contribution in [2.45, 2.75) is 0 Å². The zero-order valence-corrected chi connectivity index (χ0v) is 14.7. The van der Waals surface area contributed by atoms with Gasteiger partial charge in [0.15, 0.2) is 0 Å². The molecule has 0 aliphatic heterocycles. The van der Waals surface area contributed by atoms with Crippen LogP contribution < -0.4 is 80.9 Å². The van der Waals surface area contributed by atoms with E-state index >= 15 is 0 Å². The molecule has 4 nitrogen and oxygen atoms in total. The summed E-state index contributed by atoms with van der Waals surface area (Å²) in [5, 5.41) is 0. The summed E-state index contributed by atoms with van der Waals surface area (Å²) in [6, 6.07) is 0. The molecule has 0 aromatic rings. The maximum absolute atomic E-state index is 8.74. The van der Waals surface area contributed by atoms with E-state index < -0.39 is 10.4 Å². The molecule has 0 aliphatic rings. The Morgan fingerprint density at radius 1 is 1.11 bits per heavy atom. The van der Waals surface area contributed by atoms with Crippen LogP contribution in [0, 0.1) is 0 Å². The Morgan fingerprint density at radius 2 is 1.11 bits per heavy atom. The van der Waals surface area contributed by atoms with Crippen molar-refractivity contribution in [2.24, 2.45) is 0 Å². The molecule has 0 fully saturated rings. The molecule has 0 saturated heterocycles. The summed E-state index contributed by atoms with van der Waals surface area (Å²) >= 11 is 0. The standard InChI is InChI=1S/Al.Ca.K.Na.H2O4S/c;;;;1-5(2,3)4/h;;;;(H2,1,2,3,4)/q+3;+2;2*+1;. The molecule has 32 valence electrons. The largest absolute Gasteiger partial charge is 3.00 e. The van der Waals surface area contributed by atoms with Gasteiger partial charge in [0, 0.05) is 0 Å². The van der Waals surface area contributed by atoms with E-state index in [2.05, 4.69) is 0 Å². The quantitative estimate of drug-likeness (QED) is 0.318. The van der Waals surface area contributed by atoms with Crippen LogP contribution >= 0.6 is 0 Å². The summed E-state index contributed by atoms with van der Waals surface area (Å²) in [6.07, 6.45) is 0. The van der Waals surface area contributed by atoms with E-state index in [0.29, 0.717) is 0 Å². The first-order valence-corrected chi connectivity index (χ1v) is 2.10. The van der Waals surface area contributed by atoms with E-state index in [-0.39, 0.29) is 136 Å². The fraction of sp³-hybridized carbons (Fsp3) is 0. The van der Waals surface area contributed by atoms with Crippen molar-refractivity contribution in [1.29, 1.82) is 0 Å². The van der Waals surface area contributed by atoms with Gasteiger partial charge >= 0.3 is 146 Å². The van der Waals surface area contributed by atoms with Crippen LogP contribution in [0.1, 0.15) is 0 Å². The van der Waals surface area contributed by atoms with Crippen molar-refractivity contribution in [2.75, 3.05) is 0 Å². The van der Waals surface area contributed by atoms with Crippen LogP contribution in [0.5, 0.6) is 0 Å². The molecule has 0 unspecified atom stereocenters. The van der Waals surface area contributed by atoms with Crippen molar-refractivity contribution in [3.8, 4) is 0 Å². The SMILES string of the molecule is O=S(=O)(O)O.[Al+3].[Ca+2].[K+].[Na+]. The molecule has 0 radical (unpaired) electrons. The molecule has 0 aromatic heterocycles. The second-order valence-electron chi connectivity index (χ2n) is 0.448. The minimum Gasteiger partial charge on any atom is -0.264 e. The van der Waals surface area contributed by atoms with Gasteiger partial charge in [0.05, 0.1) is 0 Å². The van der Waals surface area contributed by atoms with E-state index in [1.807, 2.05) is 0 Å². The van der Waals surface area contributed by atoms with Crippen LogP contribution in [-0.4, -0.2) is 72.6 Å². The minimum absolute atomic E-state index is 0. The molecule has 0 aliphatic carbocycles. The summed E-state index contributed by atoms with van der Waals surface area (Å²) in [5.41, 5.74) is 0.